The van der Waals surface area contributed by atoms with Gasteiger partial charge in [0.1, 0.15) is 18.1 Å². The molecule has 3 rings (SSSR count). The number of amides is 2. The maximum Gasteiger partial charge on any atom is 0.254 e. The highest BCUT2D eigenvalue weighted by atomic mass is 16.5. The number of furan rings is 1. The van der Waals surface area contributed by atoms with Crippen molar-refractivity contribution in [1.82, 2.24) is 9.80 Å². The van der Waals surface area contributed by atoms with Gasteiger partial charge in [-0.2, -0.15) is 0 Å². The van der Waals surface area contributed by atoms with Gasteiger partial charge in [-0.05, 0) is 76.1 Å². The van der Waals surface area contributed by atoms with Crippen LogP contribution in [-0.2, 0) is 17.8 Å². The van der Waals surface area contributed by atoms with E-state index >= 15 is 0 Å². The molecule has 3 aromatic rings. The molecule has 0 aliphatic rings. The van der Waals surface area contributed by atoms with Gasteiger partial charge in [-0.25, -0.2) is 0 Å². The molecule has 1 aromatic heterocycles. The van der Waals surface area contributed by atoms with Crippen LogP contribution in [0.2, 0.25) is 0 Å². The Hall–Kier alpha value is -3.74. The van der Waals surface area contributed by atoms with E-state index in [1.165, 1.54) is 0 Å². The molecule has 192 valence electrons. The number of rotatable bonds is 11. The maximum absolute atomic E-state index is 13.5. The summed E-state index contributed by atoms with van der Waals surface area (Å²) >= 11 is 0. The Morgan fingerprint density at radius 3 is 2.19 bits per heavy atom. The van der Waals surface area contributed by atoms with Crippen molar-refractivity contribution in [2.45, 2.75) is 46.7 Å². The Labute approximate surface area is 213 Å². The number of ether oxygens (including phenoxy) is 2. The first-order valence-electron chi connectivity index (χ1n) is 12.1. The van der Waals surface area contributed by atoms with Gasteiger partial charge in [0.05, 0.1) is 20.8 Å². The largest absolute Gasteiger partial charge is 0.493 e. The second-order valence-corrected chi connectivity index (χ2v) is 9.16. The average Bonchev–Trinajstić information content (AvgIpc) is 3.28. The molecule has 0 saturated carbocycles. The number of carbonyl (C=O) groups is 2. The molecule has 0 unspecified atom stereocenters. The summed E-state index contributed by atoms with van der Waals surface area (Å²) in [5.74, 6) is 2.49. The molecule has 7 heteroatoms. The highest BCUT2D eigenvalue weighted by molar-refractivity contribution is 5.96. The molecule has 1 heterocycles. The molecular formula is C29H36N2O5. The fourth-order valence-electron chi connectivity index (χ4n) is 3.95. The van der Waals surface area contributed by atoms with Crippen molar-refractivity contribution in [3.63, 3.8) is 0 Å². The monoisotopic (exact) mass is 492 g/mol. The van der Waals surface area contributed by atoms with Gasteiger partial charge in [0.2, 0.25) is 5.91 Å². The smallest absolute Gasteiger partial charge is 0.254 e. The van der Waals surface area contributed by atoms with Gasteiger partial charge >= 0.3 is 0 Å². The number of carbonyl (C=O) groups excluding carboxylic acids is 2. The molecule has 0 atom stereocenters. The fourth-order valence-corrected chi connectivity index (χ4v) is 3.95. The lowest BCUT2D eigenvalue weighted by Crippen LogP contribution is -2.46. The standard InChI is InChI=1S/C29H36N2O5/c1-20(2)31(29(33)24-11-7-21(3)8-12-24)19-28(32)30(18-25-13-9-22(4)36-25)16-15-23-10-14-26(34-5)27(17-23)35-6/h7-14,17,20H,15-16,18-19H2,1-6H3. The number of nitrogens with zero attached hydrogens (tertiary/aromatic N) is 2. The summed E-state index contributed by atoms with van der Waals surface area (Å²) in [6, 6.07) is 16.8. The third-order valence-corrected chi connectivity index (χ3v) is 6.10. The van der Waals surface area contributed by atoms with Crippen molar-refractivity contribution >= 4 is 11.8 Å². The second kappa shape index (κ2) is 12.3. The van der Waals surface area contributed by atoms with E-state index in [-0.39, 0.29) is 24.4 Å². The van der Waals surface area contributed by atoms with E-state index < -0.39 is 0 Å². The van der Waals surface area contributed by atoms with Crippen LogP contribution in [0.25, 0.3) is 0 Å². The highest BCUT2D eigenvalue weighted by Gasteiger charge is 2.25. The minimum atomic E-state index is -0.160. The second-order valence-electron chi connectivity index (χ2n) is 9.16. The van der Waals surface area contributed by atoms with Crippen LogP contribution in [0.4, 0.5) is 0 Å². The van der Waals surface area contributed by atoms with Gasteiger partial charge in [-0.15, -0.1) is 0 Å². The van der Waals surface area contributed by atoms with Crippen LogP contribution in [0.3, 0.4) is 0 Å². The number of methoxy groups -OCH3 is 2. The molecule has 0 aliphatic carbocycles. The lowest BCUT2D eigenvalue weighted by Gasteiger charge is -2.30. The molecule has 0 aliphatic heterocycles. The molecule has 2 amide bonds. The number of benzene rings is 2. The van der Waals surface area contributed by atoms with Gasteiger partial charge in [0.25, 0.3) is 5.91 Å². The van der Waals surface area contributed by atoms with Crippen molar-refractivity contribution in [2.75, 3.05) is 27.3 Å². The summed E-state index contributed by atoms with van der Waals surface area (Å²) < 4.78 is 16.5. The number of hydrogen-bond donors (Lipinski definition) is 0. The number of hydrogen-bond acceptors (Lipinski definition) is 5. The lowest BCUT2D eigenvalue weighted by molar-refractivity contribution is -0.133. The van der Waals surface area contributed by atoms with E-state index in [9.17, 15) is 9.59 Å². The summed E-state index contributed by atoms with van der Waals surface area (Å²) in [5.41, 5.74) is 2.66. The summed E-state index contributed by atoms with van der Waals surface area (Å²) in [5, 5.41) is 0. The summed E-state index contributed by atoms with van der Waals surface area (Å²) in [4.78, 5) is 30.1. The predicted octanol–water partition coefficient (Wildman–Crippen LogP) is 5.04. The fraction of sp³-hybridized carbons (Fsp3) is 0.379. The van der Waals surface area contributed by atoms with Crippen molar-refractivity contribution < 1.29 is 23.5 Å². The molecular weight excluding hydrogens is 456 g/mol. The molecule has 0 fully saturated rings. The third-order valence-electron chi connectivity index (χ3n) is 6.10. The summed E-state index contributed by atoms with van der Waals surface area (Å²) in [6.07, 6.45) is 0.610. The van der Waals surface area contributed by atoms with Gasteiger partial charge in [0.15, 0.2) is 11.5 Å². The first-order valence-corrected chi connectivity index (χ1v) is 12.1. The van der Waals surface area contributed by atoms with Crippen molar-refractivity contribution in [3.8, 4) is 11.5 Å². The quantitative estimate of drug-likeness (QED) is 0.375. The van der Waals surface area contributed by atoms with E-state index in [1.807, 2.05) is 70.2 Å². The first kappa shape index (κ1) is 26.9. The van der Waals surface area contributed by atoms with Gasteiger partial charge < -0.3 is 23.7 Å². The van der Waals surface area contributed by atoms with Crippen LogP contribution in [0, 0.1) is 13.8 Å². The molecule has 36 heavy (non-hydrogen) atoms. The zero-order chi connectivity index (χ0) is 26.2. The van der Waals surface area contributed by atoms with Crippen LogP contribution >= 0.6 is 0 Å². The SMILES string of the molecule is COc1ccc(CCN(Cc2ccc(C)o2)C(=O)CN(C(=O)c2ccc(C)cc2)C(C)C)cc1OC. The van der Waals surface area contributed by atoms with E-state index in [2.05, 4.69) is 0 Å². The topological polar surface area (TPSA) is 72.2 Å². The maximum atomic E-state index is 13.5. The molecule has 0 saturated heterocycles. The minimum absolute atomic E-state index is 0.0179. The van der Waals surface area contributed by atoms with E-state index in [0.717, 1.165) is 16.9 Å². The Morgan fingerprint density at radius 1 is 0.917 bits per heavy atom. The Balaban J connectivity index is 1.79. The Kier molecular flexibility index (Phi) is 9.17. The zero-order valence-corrected chi connectivity index (χ0v) is 22.0. The van der Waals surface area contributed by atoms with Crippen LogP contribution < -0.4 is 9.47 Å². The Morgan fingerprint density at radius 2 is 1.61 bits per heavy atom. The van der Waals surface area contributed by atoms with Crippen LogP contribution in [-0.4, -0.2) is 55.0 Å². The lowest BCUT2D eigenvalue weighted by atomic mass is 10.1. The van der Waals surface area contributed by atoms with Crippen LogP contribution in [0.1, 0.15) is 46.9 Å². The van der Waals surface area contributed by atoms with Crippen LogP contribution in [0.5, 0.6) is 11.5 Å². The normalized spacial score (nSPS) is 10.9. The van der Waals surface area contributed by atoms with E-state index in [4.69, 9.17) is 13.9 Å². The number of aryl methyl sites for hydroxylation is 2. The van der Waals surface area contributed by atoms with Gasteiger partial charge in [-0.3, -0.25) is 9.59 Å². The van der Waals surface area contributed by atoms with Gasteiger partial charge in [-0.1, -0.05) is 23.8 Å². The summed E-state index contributed by atoms with van der Waals surface area (Å²) in [6.45, 7) is 8.45. The molecule has 7 nitrogen and oxygen atoms in total. The predicted molar refractivity (Wildman–Crippen MR) is 139 cm³/mol. The van der Waals surface area contributed by atoms with Crippen molar-refractivity contribution in [2.24, 2.45) is 0 Å². The van der Waals surface area contributed by atoms with E-state index in [1.54, 1.807) is 36.2 Å². The first-order chi connectivity index (χ1) is 17.2. The molecule has 0 spiro atoms. The molecule has 2 aromatic carbocycles. The average molecular weight is 493 g/mol. The highest BCUT2D eigenvalue weighted by Crippen LogP contribution is 2.28. The van der Waals surface area contributed by atoms with Crippen molar-refractivity contribution in [1.29, 1.82) is 0 Å². The third kappa shape index (κ3) is 6.90. The van der Waals surface area contributed by atoms with Gasteiger partial charge in [0, 0.05) is 18.2 Å². The Bertz CT molecular complexity index is 1170. The molecule has 0 bridgehead atoms. The van der Waals surface area contributed by atoms with E-state index in [0.29, 0.717) is 42.3 Å². The van der Waals surface area contributed by atoms with Crippen molar-refractivity contribution in [3.05, 3.63) is 82.8 Å². The summed E-state index contributed by atoms with van der Waals surface area (Å²) in [7, 11) is 3.20. The molecule has 0 radical (unpaired) electrons. The molecule has 0 N–H and O–H groups in total. The minimum Gasteiger partial charge on any atom is -0.493 e. The van der Waals surface area contributed by atoms with Crippen LogP contribution in [0.15, 0.2) is 59.0 Å². The zero-order valence-electron chi connectivity index (χ0n) is 22.0.